The van der Waals surface area contributed by atoms with Crippen molar-refractivity contribution in [2.24, 2.45) is 5.92 Å². The SMILES string of the molecule is CC(NC(=O)N(CCC(=O)O)c1ccccc1)C1CC1. The lowest BCUT2D eigenvalue weighted by atomic mass is 10.2. The molecule has 1 aliphatic rings. The van der Waals surface area contributed by atoms with Crippen molar-refractivity contribution < 1.29 is 14.7 Å². The average Bonchev–Trinajstić information content (AvgIpc) is 3.24. The maximum absolute atomic E-state index is 12.3. The summed E-state index contributed by atoms with van der Waals surface area (Å²) in [6.45, 7) is 2.17. The van der Waals surface area contributed by atoms with E-state index in [4.69, 9.17) is 5.11 Å². The van der Waals surface area contributed by atoms with Crippen molar-refractivity contribution >= 4 is 17.7 Å². The summed E-state index contributed by atoms with van der Waals surface area (Å²) < 4.78 is 0. The Kier molecular flexibility index (Phi) is 4.61. The number of urea groups is 1. The Labute approximate surface area is 118 Å². The molecular formula is C15H20N2O3. The number of carboxylic acid groups (broad SMARTS) is 1. The predicted octanol–water partition coefficient (Wildman–Crippen LogP) is 2.48. The molecule has 1 unspecified atom stereocenters. The number of aliphatic carboxylic acids is 1. The minimum Gasteiger partial charge on any atom is -0.481 e. The summed E-state index contributed by atoms with van der Waals surface area (Å²) in [5, 5.41) is 11.8. The molecule has 1 saturated carbocycles. The van der Waals surface area contributed by atoms with Crippen LogP contribution in [0.4, 0.5) is 10.5 Å². The van der Waals surface area contributed by atoms with Gasteiger partial charge in [0.15, 0.2) is 0 Å². The summed E-state index contributed by atoms with van der Waals surface area (Å²) in [6.07, 6.45) is 2.24. The second-order valence-corrected chi connectivity index (χ2v) is 5.21. The molecule has 1 atom stereocenters. The molecule has 0 aliphatic heterocycles. The van der Waals surface area contributed by atoms with Gasteiger partial charge < -0.3 is 10.4 Å². The van der Waals surface area contributed by atoms with Crippen molar-refractivity contribution in [2.75, 3.05) is 11.4 Å². The van der Waals surface area contributed by atoms with Gasteiger partial charge in [-0.2, -0.15) is 0 Å². The van der Waals surface area contributed by atoms with Crippen LogP contribution in [0, 0.1) is 5.92 Å². The Balaban J connectivity index is 2.04. The third-order valence-electron chi connectivity index (χ3n) is 3.54. The van der Waals surface area contributed by atoms with Crippen molar-refractivity contribution in [1.29, 1.82) is 0 Å². The lowest BCUT2D eigenvalue weighted by Gasteiger charge is -2.25. The summed E-state index contributed by atoms with van der Waals surface area (Å²) in [6, 6.07) is 9.06. The van der Waals surface area contributed by atoms with Crippen LogP contribution >= 0.6 is 0 Å². The van der Waals surface area contributed by atoms with Crippen LogP contribution in [0.15, 0.2) is 30.3 Å². The van der Waals surface area contributed by atoms with Crippen LogP contribution in [0.5, 0.6) is 0 Å². The second-order valence-electron chi connectivity index (χ2n) is 5.21. The van der Waals surface area contributed by atoms with E-state index in [0.29, 0.717) is 11.6 Å². The van der Waals surface area contributed by atoms with Crippen LogP contribution in [-0.2, 0) is 4.79 Å². The van der Waals surface area contributed by atoms with Gasteiger partial charge in [-0.15, -0.1) is 0 Å². The number of nitrogens with one attached hydrogen (secondary N) is 1. The maximum Gasteiger partial charge on any atom is 0.322 e. The zero-order chi connectivity index (χ0) is 14.5. The molecule has 2 rings (SSSR count). The van der Waals surface area contributed by atoms with Crippen LogP contribution in [0.3, 0.4) is 0 Å². The summed E-state index contributed by atoms with van der Waals surface area (Å²) in [5.41, 5.74) is 0.717. The average molecular weight is 276 g/mol. The van der Waals surface area contributed by atoms with Crippen LogP contribution < -0.4 is 10.2 Å². The van der Waals surface area contributed by atoms with Crippen LogP contribution in [-0.4, -0.2) is 29.7 Å². The Hall–Kier alpha value is -2.04. The molecule has 2 N–H and O–H groups in total. The standard InChI is InChI=1S/C15H20N2O3/c1-11(12-7-8-12)16-15(20)17(10-9-14(18)19)13-5-3-2-4-6-13/h2-6,11-12H,7-10H2,1H3,(H,16,20)(H,18,19). The van der Waals surface area contributed by atoms with Gasteiger partial charge in [0.05, 0.1) is 6.42 Å². The summed E-state index contributed by atoms with van der Waals surface area (Å²) in [5.74, 6) is -0.343. The van der Waals surface area contributed by atoms with Gasteiger partial charge >= 0.3 is 12.0 Å². The monoisotopic (exact) mass is 276 g/mol. The first-order chi connectivity index (χ1) is 9.58. The van der Waals surface area contributed by atoms with Gasteiger partial charge in [-0.1, -0.05) is 18.2 Å². The molecule has 108 valence electrons. The minimum atomic E-state index is -0.908. The highest BCUT2D eigenvalue weighted by atomic mass is 16.4. The Bertz CT molecular complexity index is 471. The first-order valence-corrected chi connectivity index (χ1v) is 6.93. The summed E-state index contributed by atoms with van der Waals surface area (Å²) in [7, 11) is 0. The normalized spacial score (nSPS) is 15.4. The molecule has 2 amide bonds. The molecule has 1 aromatic carbocycles. The number of carbonyl (C=O) groups is 2. The molecule has 1 fully saturated rings. The fourth-order valence-corrected chi connectivity index (χ4v) is 2.15. The van der Waals surface area contributed by atoms with Crippen molar-refractivity contribution in [3.05, 3.63) is 30.3 Å². The van der Waals surface area contributed by atoms with E-state index in [1.54, 1.807) is 0 Å². The number of carboxylic acids is 1. The van der Waals surface area contributed by atoms with E-state index >= 15 is 0 Å². The highest BCUT2D eigenvalue weighted by molar-refractivity contribution is 5.92. The Morgan fingerprint density at radius 3 is 2.55 bits per heavy atom. The first-order valence-electron chi connectivity index (χ1n) is 6.93. The molecule has 5 heteroatoms. The van der Waals surface area contributed by atoms with Crippen molar-refractivity contribution in [1.82, 2.24) is 5.32 Å². The summed E-state index contributed by atoms with van der Waals surface area (Å²) >= 11 is 0. The van der Waals surface area contributed by atoms with Gasteiger partial charge in [-0.3, -0.25) is 9.69 Å². The molecule has 0 radical (unpaired) electrons. The number of hydrogen-bond donors (Lipinski definition) is 2. The number of nitrogens with zero attached hydrogens (tertiary/aromatic N) is 1. The molecular weight excluding hydrogens is 256 g/mol. The molecule has 1 aromatic rings. The molecule has 0 aromatic heterocycles. The van der Waals surface area contributed by atoms with Gasteiger partial charge in [-0.25, -0.2) is 4.79 Å². The second kappa shape index (κ2) is 6.41. The number of para-hydroxylation sites is 1. The number of anilines is 1. The van der Waals surface area contributed by atoms with E-state index in [9.17, 15) is 9.59 Å². The Morgan fingerprint density at radius 2 is 2.00 bits per heavy atom. The molecule has 0 heterocycles. The highest BCUT2D eigenvalue weighted by Crippen LogP contribution is 2.32. The lowest BCUT2D eigenvalue weighted by Crippen LogP contribution is -2.45. The van der Waals surface area contributed by atoms with E-state index in [1.165, 1.54) is 4.90 Å². The van der Waals surface area contributed by atoms with Crippen LogP contribution in [0.2, 0.25) is 0 Å². The number of rotatable bonds is 6. The van der Waals surface area contributed by atoms with Crippen molar-refractivity contribution in [3.8, 4) is 0 Å². The minimum absolute atomic E-state index is 0.0693. The molecule has 1 aliphatic carbocycles. The fourth-order valence-electron chi connectivity index (χ4n) is 2.15. The topological polar surface area (TPSA) is 69.6 Å². The zero-order valence-corrected chi connectivity index (χ0v) is 11.6. The van der Waals surface area contributed by atoms with Gasteiger partial charge in [0.25, 0.3) is 0 Å². The first kappa shape index (κ1) is 14.4. The van der Waals surface area contributed by atoms with Gasteiger partial charge in [-0.05, 0) is 37.8 Å². The molecule has 0 bridgehead atoms. The number of benzene rings is 1. The van der Waals surface area contributed by atoms with E-state index in [2.05, 4.69) is 5.32 Å². The quantitative estimate of drug-likeness (QED) is 0.838. The lowest BCUT2D eigenvalue weighted by molar-refractivity contribution is -0.136. The highest BCUT2D eigenvalue weighted by Gasteiger charge is 2.30. The van der Waals surface area contributed by atoms with Gasteiger partial charge in [0, 0.05) is 18.3 Å². The predicted molar refractivity (Wildman–Crippen MR) is 76.8 cm³/mol. The van der Waals surface area contributed by atoms with Gasteiger partial charge in [0.2, 0.25) is 0 Å². The number of hydrogen-bond acceptors (Lipinski definition) is 2. The number of amides is 2. The van der Waals surface area contributed by atoms with Crippen LogP contribution in [0.1, 0.15) is 26.2 Å². The smallest absolute Gasteiger partial charge is 0.322 e. The van der Waals surface area contributed by atoms with E-state index < -0.39 is 5.97 Å². The van der Waals surface area contributed by atoms with E-state index in [0.717, 1.165) is 12.8 Å². The molecule has 0 saturated heterocycles. The largest absolute Gasteiger partial charge is 0.481 e. The third-order valence-corrected chi connectivity index (χ3v) is 3.54. The molecule has 0 spiro atoms. The van der Waals surface area contributed by atoms with Crippen molar-refractivity contribution in [3.63, 3.8) is 0 Å². The number of carbonyl (C=O) groups excluding carboxylic acids is 1. The fraction of sp³-hybridized carbons (Fsp3) is 0.467. The Morgan fingerprint density at radius 1 is 1.35 bits per heavy atom. The zero-order valence-electron chi connectivity index (χ0n) is 11.6. The van der Waals surface area contributed by atoms with Crippen molar-refractivity contribution in [2.45, 2.75) is 32.2 Å². The molecule has 20 heavy (non-hydrogen) atoms. The van der Waals surface area contributed by atoms with E-state index in [1.807, 2.05) is 37.3 Å². The maximum atomic E-state index is 12.3. The van der Waals surface area contributed by atoms with E-state index in [-0.39, 0.29) is 25.0 Å². The summed E-state index contributed by atoms with van der Waals surface area (Å²) in [4.78, 5) is 24.6. The third kappa shape index (κ3) is 3.98. The van der Waals surface area contributed by atoms with Gasteiger partial charge in [0.1, 0.15) is 0 Å². The molecule has 5 nitrogen and oxygen atoms in total. The van der Waals surface area contributed by atoms with Crippen LogP contribution in [0.25, 0.3) is 0 Å².